The van der Waals surface area contributed by atoms with E-state index in [1.165, 1.54) is 5.56 Å². The Hall–Kier alpha value is -2.33. The molecule has 0 aromatic heterocycles. The number of carboxylic acid groups (broad SMARTS) is 1. The van der Waals surface area contributed by atoms with Gasteiger partial charge in [-0.1, -0.05) is 42.0 Å². The van der Waals surface area contributed by atoms with E-state index in [-0.39, 0.29) is 0 Å². The summed E-state index contributed by atoms with van der Waals surface area (Å²) in [6.45, 7) is 2.52. The van der Waals surface area contributed by atoms with Crippen molar-refractivity contribution in [1.82, 2.24) is 5.32 Å². The Morgan fingerprint density at radius 2 is 1.95 bits per heavy atom. The van der Waals surface area contributed by atoms with Crippen LogP contribution in [0, 0.1) is 6.92 Å². The van der Waals surface area contributed by atoms with Crippen LogP contribution in [0.1, 0.15) is 22.7 Å². The number of rotatable bonds is 6. The zero-order valence-corrected chi connectivity index (χ0v) is 12.2. The summed E-state index contributed by atoms with van der Waals surface area (Å²) in [5.74, 6) is -0.258. The number of aryl methyl sites for hydroxylation is 1. The summed E-state index contributed by atoms with van der Waals surface area (Å²) >= 11 is 0. The summed E-state index contributed by atoms with van der Waals surface area (Å²) in [5, 5.41) is 12.5. The summed E-state index contributed by atoms with van der Waals surface area (Å²) in [4.78, 5) is 11.5. The summed E-state index contributed by atoms with van der Waals surface area (Å²) in [5.41, 5.74) is 2.91. The van der Waals surface area contributed by atoms with Crippen LogP contribution in [-0.2, 0) is 11.3 Å². The molecule has 0 fully saturated rings. The maximum atomic E-state index is 11.5. The average molecular weight is 285 g/mol. The largest absolute Gasteiger partial charge is 0.497 e. The second kappa shape index (κ2) is 6.90. The van der Waals surface area contributed by atoms with E-state index in [0.717, 1.165) is 5.56 Å². The smallest absolute Gasteiger partial charge is 0.325 e. The van der Waals surface area contributed by atoms with Crippen LogP contribution >= 0.6 is 0 Å². The van der Waals surface area contributed by atoms with Crippen molar-refractivity contribution in [3.05, 3.63) is 65.2 Å². The molecular formula is C17H19NO3. The third kappa shape index (κ3) is 4.07. The summed E-state index contributed by atoms with van der Waals surface area (Å²) in [7, 11) is 1.56. The summed E-state index contributed by atoms with van der Waals surface area (Å²) < 4.78 is 5.14. The molecule has 0 bridgehead atoms. The highest BCUT2D eigenvalue weighted by Crippen LogP contribution is 2.20. The molecule has 0 aliphatic rings. The molecule has 0 amide bonds. The number of methoxy groups -OCH3 is 1. The van der Waals surface area contributed by atoms with E-state index in [1.54, 1.807) is 31.4 Å². The molecule has 0 heterocycles. The second-order valence-corrected chi connectivity index (χ2v) is 4.91. The molecule has 2 aromatic carbocycles. The highest BCUT2D eigenvalue weighted by molar-refractivity contribution is 5.75. The molecule has 2 N–H and O–H groups in total. The summed E-state index contributed by atoms with van der Waals surface area (Å²) in [6, 6.07) is 14.3. The Labute approximate surface area is 124 Å². The predicted molar refractivity (Wildman–Crippen MR) is 81.4 cm³/mol. The number of ether oxygens (including phenoxy) is 1. The van der Waals surface area contributed by atoms with Crippen LogP contribution in [0.3, 0.4) is 0 Å². The van der Waals surface area contributed by atoms with Gasteiger partial charge in [-0.3, -0.25) is 10.1 Å². The number of benzene rings is 2. The molecule has 4 heteroatoms. The molecule has 4 nitrogen and oxygen atoms in total. The van der Waals surface area contributed by atoms with Gasteiger partial charge in [0.1, 0.15) is 11.8 Å². The van der Waals surface area contributed by atoms with E-state index >= 15 is 0 Å². The minimum absolute atomic E-state index is 0.495. The van der Waals surface area contributed by atoms with Crippen LogP contribution in [0.5, 0.6) is 5.75 Å². The van der Waals surface area contributed by atoms with Crippen LogP contribution in [0.25, 0.3) is 0 Å². The minimum Gasteiger partial charge on any atom is -0.497 e. The number of nitrogens with one attached hydrogen (secondary N) is 1. The fourth-order valence-corrected chi connectivity index (χ4v) is 2.09. The number of carboxylic acids is 1. The van der Waals surface area contributed by atoms with E-state index in [9.17, 15) is 9.90 Å². The van der Waals surface area contributed by atoms with Crippen LogP contribution in [0.15, 0.2) is 48.5 Å². The van der Waals surface area contributed by atoms with Gasteiger partial charge in [-0.25, -0.2) is 0 Å². The van der Waals surface area contributed by atoms with Crippen molar-refractivity contribution in [2.75, 3.05) is 7.11 Å². The van der Waals surface area contributed by atoms with Crippen LogP contribution in [0.4, 0.5) is 0 Å². The third-order valence-electron chi connectivity index (χ3n) is 3.30. The fraction of sp³-hybridized carbons (Fsp3) is 0.235. The molecule has 0 spiro atoms. The van der Waals surface area contributed by atoms with Crippen molar-refractivity contribution in [2.24, 2.45) is 0 Å². The van der Waals surface area contributed by atoms with Crippen molar-refractivity contribution < 1.29 is 14.6 Å². The van der Waals surface area contributed by atoms with Crippen molar-refractivity contribution in [2.45, 2.75) is 19.5 Å². The van der Waals surface area contributed by atoms with Gasteiger partial charge in [-0.05, 0) is 30.2 Å². The molecular weight excluding hydrogens is 266 g/mol. The highest BCUT2D eigenvalue weighted by Gasteiger charge is 2.19. The third-order valence-corrected chi connectivity index (χ3v) is 3.30. The predicted octanol–water partition coefficient (Wildman–Crippen LogP) is 2.92. The molecule has 21 heavy (non-hydrogen) atoms. The molecule has 0 aliphatic carbocycles. The molecule has 1 unspecified atom stereocenters. The quantitative estimate of drug-likeness (QED) is 0.856. The molecule has 0 radical (unpaired) electrons. The molecule has 0 saturated heterocycles. The Kier molecular flexibility index (Phi) is 4.95. The van der Waals surface area contributed by atoms with Gasteiger partial charge in [0.15, 0.2) is 0 Å². The topological polar surface area (TPSA) is 58.6 Å². The number of aliphatic carboxylic acids is 1. The Balaban J connectivity index is 2.12. The zero-order chi connectivity index (χ0) is 15.2. The minimum atomic E-state index is -0.907. The van der Waals surface area contributed by atoms with Crippen molar-refractivity contribution in [3.8, 4) is 5.75 Å². The molecule has 110 valence electrons. The molecule has 0 saturated carbocycles. The van der Waals surface area contributed by atoms with Gasteiger partial charge in [-0.2, -0.15) is 0 Å². The standard InChI is InChI=1S/C17H19NO3/c1-12-6-8-13(9-7-12)11-18-16(17(19)20)14-4-3-5-15(10-14)21-2/h3-10,16,18H,11H2,1-2H3,(H,19,20). The van der Waals surface area contributed by atoms with Crippen molar-refractivity contribution in [3.63, 3.8) is 0 Å². The Morgan fingerprint density at radius 3 is 2.57 bits per heavy atom. The lowest BCUT2D eigenvalue weighted by Crippen LogP contribution is -2.28. The zero-order valence-electron chi connectivity index (χ0n) is 12.2. The molecule has 0 aliphatic heterocycles. The Morgan fingerprint density at radius 1 is 1.24 bits per heavy atom. The van der Waals surface area contributed by atoms with Gasteiger partial charge >= 0.3 is 5.97 Å². The number of hydrogen-bond donors (Lipinski definition) is 2. The van der Waals surface area contributed by atoms with Gasteiger partial charge in [0.25, 0.3) is 0 Å². The van der Waals surface area contributed by atoms with Crippen molar-refractivity contribution in [1.29, 1.82) is 0 Å². The average Bonchev–Trinajstić information content (AvgIpc) is 2.49. The van der Waals surface area contributed by atoms with Gasteiger partial charge in [-0.15, -0.1) is 0 Å². The van der Waals surface area contributed by atoms with E-state index in [2.05, 4.69) is 5.32 Å². The number of carbonyl (C=O) groups is 1. The first-order valence-electron chi connectivity index (χ1n) is 6.76. The van der Waals surface area contributed by atoms with Gasteiger partial charge in [0.05, 0.1) is 7.11 Å². The monoisotopic (exact) mass is 285 g/mol. The van der Waals surface area contributed by atoms with Crippen LogP contribution in [-0.4, -0.2) is 18.2 Å². The van der Waals surface area contributed by atoms with Crippen molar-refractivity contribution >= 4 is 5.97 Å². The maximum absolute atomic E-state index is 11.5. The summed E-state index contributed by atoms with van der Waals surface area (Å²) in [6.07, 6.45) is 0. The van der Waals surface area contributed by atoms with E-state index in [0.29, 0.717) is 17.9 Å². The lowest BCUT2D eigenvalue weighted by molar-refractivity contribution is -0.139. The highest BCUT2D eigenvalue weighted by atomic mass is 16.5. The lowest BCUT2D eigenvalue weighted by atomic mass is 10.1. The fourth-order valence-electron chi connectivity index (χ4n) is 2.09. The first-order chi connectivity index (χ1) is 10.1. The van der Waals surface area contributed by atoms with Gasteiger partial charge in [0.2, 0.25) is 0 Å². The van der Waals surface area contributed by atoms with Crippen LogP contribution < -0.4 is 10.1 Å². The molecule has 2 aromatic rings. The van der Waals surface area contributed by atoms with Gasteiger partial charge < -0.3 is 9.84 Å². The second-order valence-electron chi connectivity index (χ2n) is 4.91. The van der Waals surface area contributed by atoms with Crippen LogP contribution in [0.2, 0.25) is 0 Å². The van der Waals surface area contributed by atoms with E-state index in [1.807, 2.05) is 31.2 Å². The molecule has 2 rings (SSSR count). The van der Waals surface area contributed by atoms with E-state index in [4.69, 9.17) is 4.74 Å². The SMILES string of the molecule is COc1cccc(C(NCc2ccc(C)cc2)C(=O)O)c1. The Bertz CT molecular complexity index is 608. The number of hydrogen-bond acceptors (Lipinski definition) is 3. The molecule has 1 atom stereocenters. The normalized spacial score (nSPS) is 11.9. The van der Waals surface area contributed by atoms with E-state index < -0.39 is 12.0 Å². The first kappa shape index (κ1) is 15.1. The lowest BCUT2D eigenvalue weighted by Gasteiger charge is -2.16. The maximum Gasteiger partial charge on any atom is 0.325 e. The first-order valence-corrected chi connectivity index (χ1v) is 6.76. The van der Waals surface area contributed by atoms with Gasteiger partial charge in [0, 0.05) is 6.54 Å².